The minimum atomic E-state index is 0. The third kappa shape index (κ3) is 4.42. The van der Waals surface area contributed by atoms with Crippen LogP contribution in [0.25, 0.3) is 22.6 Å². The second-order valence-electron chi connectivity index (χ2n) is 8.49. The number of fused-ring (bicyclic) bond motifs is 3. The molecule has 4 nitrogen and oxygen atoms in total. The summed E-state index contributed by atoms with van der Waals surface area (Å²) in [5.41, 5.74) is 7.50. The van der Waals surface area contributed by atoms with Crippen molar-refractivity contribution < 1.29 is 26.3 Å². The minimum absolute atomic E-state index is 0. The van der Waals surface area contributed by atoms with Crippen molar-refractivity contribution in [2.24, 2.45) is 0 Å². The van der Waals surface area contributed by atoms with Gasteiger partial charge in [0.1, 0.15) is 23.3 Å². The summed E-state index contributed by atoms with van der Waals surface area (Å²) >= 11 is 0. The van der Waals surface area contributed by atoms with Gasteiger partial charge in [-0.25, -0.2) is 0 Å². The number of aromatic nitrogens is 2. The van der Waals surface area contributed by atoms with E-state index in [1.807, 2.05) is 6.92 Å². The number of rotatable bonds is 5. The van der Waals surface area contributed by atoms with Crippen LogP contribution >= 0.6 is 0 Å². The molecule has 1 aromatic heterocycles. The third-order valence-electron chi connectivity index (χ3n) is 6.21. The van der Waals surface area contributed by atoms with E-state index in [0.717, 1.165) is 30.7 Å². The Labute approximate surface area is 206 Å². The van der Waals surface area contributed by atoms with Crippen molar-refractivity contribution in [3.8, 4) is 28.4 Å². The second kappa shape index (κ2) is 9.84. The van der Waals surface area contributed by atoms with Crippen molar-refractivity contribution in [2.45, 2.75) is 26.2 Å². The van der Waals surface area contributed by atoms with Crippen LogP contribution in [-0.2, 0) is 12.8 Å². The number of ether oxygens (including phenoxy) is 1. The molecule has 1 aliphatic rings. The van der Waals surface area contributed by atoms with E-state index in [2.05, 4.69) is 107 Å². The molecular weight excluding hydrogens is 474 g/mol. The van der Waals surface area contributed by atoms with Crippen molar-refractivity contribution in [1.29, 1.82) is 0 Å². The molecule has 0 atom stereocenters. The summed E-state index contributed by atoms with van der Waals surface area (Å²) in [6, 6.07) is 26.1. The average molecular weight is 504 g/mol. The molecule has 4 aromatic rings. The summed E-state index contributed by atoms with van der Waals surface area (Å²) in [5, 5.41) is 0. The first-order valence-corrected chi connectivity index (χ1v) is 11.4. The highest BCUT2D eigenvalue weighted by molar-refractivity contribution is 5.62. The molecule has 0 bridgehead atoms. The van der Waals surface area contributed by atoms with Crippen molar-refractivity contribution in [1.82, 2.24) is 4.57 Å². The van der Waals surface area contributed by atoms with E-state index in [-0.39, 0.29) is 17.0 Å². The molecule has 170 valence electrons. The summed E-state index contributed by atoms with van der Waals surface area (Å²) in [5.74, 6) is 2.22. The van der Waals surface area contributed by atoms with Gasteiger partial charge in [-0.2, -0.15) is 9.13 Å². The molecule has 33 heavy (non-hydrogen) atoms. The Balaban J connectivity index is 0.00000259. The van der Waals surface area contributed by atoms with Gasteiger partial charge in [-0.1, -0.05) is 18.2 Å². The number of benzene rings is 3. The lowest BCUT2D eigenvalue weighted by atomic mass is 10.1. The number of nitrogens with zero attached hydrogens (tertiary/aromatic N) is 3. The van der Waals surface area contributed by atoms with Crippen LogP contribution in [-0.4, -0.2) is 25.3 Å². The van der Waals surface area contributed by atoms with Gasteiger partial charge in [0.2, 0.25) is 0 Å². The normalized spacial score (nSPS) is 12.2. The Bertz CT molecular complexity index is 1230. The maximum atomic E-state index is 5.66. The van der Waals surface area contributed by atoms with Crippen LogP contribution < -0.4 is 31.2 Å². The Morgan fingerprint density at radius 2 is 1.64 bits per heavy atom. The first-order chi connectivity index (χ1) is 15.7. The fourth-order valence-electron chi connectivity index (χ4n) is 4.61. The SMILES string of the molecule is CCOc1ccc(-n2cc(-c3ccc(N(C)C)cc3)[n+]3c2CCCc2ccccc2-3)cc1.[Br-]. The van der Waals surface area contributed by atoms with E-state index in [1.165, 1.54) is 34.0 Å². The fraction of sp³-hybridized carbons (Fsp3) is 0.250. The van der Waals surface area contributed by atoms with Crippen LogP contribution in [0.1, 0.15) is 24.7 Å². The van der Waals surface area contributed by atoms with E-state index < -0.39 is 0 Å². The maximum absolute atomic E-state index is 5.66. The van der Waals surface area contributed by atoms with E-state index in [1.54, 1.807) is 0 Å². The Kier molecular flexibility index (Phi) is 6.89. The number of aryl methyl sites for hydroxylation is 1. The molecule has 2 heterocycles. The standard InChI is InChI=1S/C28H30N3O.BrH/c1-4-32-25-18-16-24(17-19-25)30-20-27(22-12-14-23(15-13-22)29(2)3)31-26-10-6-5-8-21(26)9-7-11-28(30)31;/h5-6,8,10,12-20H,4,7,9,11H2,1-3H3;1H/q+1;/p-1. The molecule has 0 spiro atoms. The summed E-state index contributed by atoms with van der Waals surface area (Å²) in [4.78, 5) is 2.14. The zero-order valence-corrected chi connectivity index (χ0v) is 21.0. The minimum Gasteiger partial charge on any atom is -1.00 e. The molecular formula is C28H30BrN3O. The van der Waals surface area contributed by atoms with Gasteiger partial charge in [-0.3, -0.25) is 0 Å². The van der Waals surface area contributed by atoms with Crippen molar-refractivity contribution in [3.05, 3.63) is 90.4 Å². The van der Waals surface area contributed by atoms with Crippen LogP contribution in [0.15, 0.2) is 79.0 Å². The largest absolute Gasteiger partial charge is 1.00 e. The Hall–Kier alpha value is -3.05. The van der Waals surface area contributed by atoms with Crippen LogP contribution in [0.5, 0.6) is 5.75 Å². The van der Waals surface area contributed by atoms with Gasteiger partial charge in [0.15, 0.2) is 5.69 Å². The Morgan fingerprint density at radius 1 is 0.909 bits per heavy atom. The average Bonchev–Trinajstić information content (AvgIpc) is 3.08. The van der Waals surface area contributed by atoms with E-state index in [4.69, 9.17) is 4.74 Å². The van der Waals surface area contributed by atoms with Gasteiger partial charge in [-0.15, -0.1) is 0 Å². The monoisotopic (exact) mass is 503 g/mol. The molecule has 5 heteroatoms. The summed E-state index contributed by atoms with van der Waals surface area (Å²) in [6.07, 6.45) is 5.55. The highest BCUT2D eigenvalue weighted by atomic mass is 79.9. The second-order valence-corrected chi connectivity index (χ2v) is 8.49. The van der Waals surface area contributed by atoms with E-state index in [9.17, 15) is 0 Å². The van der Waals surface area contributed by atoms with Crippen molar-refractivity contribution in [3.63, 3.8) is 0 Å². The molecule has 0 fully saturated rings. The number of hydrogen-bond acceptors (Lipinski definition) is 2. The Morgan fingerprint density at radius 3 is 2.33 bits per heavy atom. The van der Waals surface area contributed by atoms with Gasteiger partial charge in [-0.05, 0) is 79.9 Å². The molecule has 3 aromatic carbocycles. The van der Waals surface area contributed by atoms with Gasteiger partial charge >= 0.3 is 0 Å². The lowest BCUT2D eigenvalue weighted by Crippen LogP contribution is -3.00. The smallest absolute Gasteiger partial charge is 0.267 e. The maximum Gasteiger partial charge on any atom is 0.267 e. The summed E-state index contributed by atoms with van der Waals surface area (Å²) in [6.45, 7) is 2.69. The van der Waals surface area contributed by atoms with Crippen LogP contribution in [0.3, 0.4) is 0 Å². The predicted molar refractivity (Wildman–Crippen MR) is 130 cm³/mol. The zero-order valence-electron chi connectivity index (χ0n) is 19.5. The van der Waals surface area contributed by atoms with Crippen molar-refractivity contribution >= 4 is 5.69 Å². The van der Waals surface area contributed by atoms with Crippen LogP contribution in [0.2, 0.25) is 0 Å². The molecule has 0 saturated carbocycles. The van der Waals surface area contributed by atoms with Gasteiger partial charge < -0.3 is 26.6 Å². The predicted octanol–water partition coefficient (Wildman–Crippen LogP) is 2.38. The summed E-state index contributed by atoms with van der Waals surface area (Å²) < 4.78 is 10.5. The van der Waals surface area contributed by atoms with Crippen LogP contribution in [0.4, 0.5) is 5.69 Å². The molecule has 0 N–H and O–H groups in total. The first-order valence-electron chi connectivity index (χ1n) is 11.4. The van der Waals surface area contributed by atoms with Gasteiger partial charge in [0, 0.05) is 25.3 Å². The first kappa shape index (κ1) is 23.1. The van der Waals surface area contributed by atoms with Crippen LogP contribution in [0, 0.1) is 0 Å². The summed E-state index contributed by atoms with van der Waals surface area (Å²) in [7, 11) is 4.16. The molecule has 0 aliphatic carbocycles. The highest BCUT2D eigenvalue weighted by Gasteiger charge is 2.30. The van der Waals surface area contributed by atoms with Gasteiger partial charge in [0.25, 0.3) is 5.82 Å². The number of halogens is 1. The van der Waals surface area contributed by atoms with E-state index in [0.29, 0.717) is 6.61 Å². The zero-order chi connectivity index (χ0) is 22.1. The number of para-hydroxylation sites is 1. The highest BCUT2D eigenvalue weighted by Crippen LogP contribution is 2.28. The topological polar surface area (TPSA) is 21.3 Å². The van der Waals surface area contributed by atoms with Crippen molar-refractivity contribution in [2.75, 3.05) is 25.6 Å². The molecule has 0 saturated heterocycles. The molecule has 0 radical (unpaired) electrons. The fourth-order valence-corrected chi connectivity index (χ4v) is 4.61. The molecule has 5 rings (SSSR count). The molecule has 0 amide bonds. The quantitative estimate of drug-likeness (QED) is 0.390. The third-order valence-corrected chi connectivity index (χ3v) is 6.21. The number of imidazole rings is 1. The number of hydrogen-bond donors (Lipinski definition) is 0. The number of anilines is 1. The molecule has 0 unspecified atom stereocenters. The lowest BCUT2D eigenvalue weighted by Gasteiger charge is -2.12. The lowest BCUT2D eigenvalue weighted by molar-refractivity contribution is -0.592. The van der Waals surface area contributed by atoms with E-state index >= 15 is 0 Å². The molecule has 1 aliphatic heterocycles. The van der Waals surface area contributed by atoms with Gasteiger partial charge in [0.05, 0.1) is 13.0 Å².